The maximum absolute atomic E-state index is 16.3. The van der Waals surface area contributed by atoms with E-state index in [1.54, 1.807) is 0 Å². The predicted molar refractivity (Wildman–Crippen MR) is 373 cm³/mol. The molecule has 0 fully saturated rings. The summed E-state index contributed by atoms with van der Waals surface area (Å²) in [5.74, 6) is -23.1. The summed E-state index contributed by atoms with van der Waals surface area (Å²) in [6.07, 6.45) is -1.86. The summed E-state index contributed by atoms with van der Waals surface area (Å²) in [5.41, 5.74) is 50.1. The quantitative estimate of drug-likeness (QED) is 0.0179. The molecule has 6 aromatic carbocycles. The van der Waals surface area contributed by atoms with Crippen LogP contribution in [0, 0.1) is 0 Å². The van der Waals surface area contributed by atoms with Gasteiger partial charge in [-0.15, -0.1) is 0 Å². The van der Waals surface area contributed by atoms with Gasteiger partial charge in [0.15, 0.2) is 34.5 Å². The molecule has 1 unspecified atom stereocenters. The largest absolute Gasteiger partial charge is 0.504 e. The molecule has 12 rings (SSSR count). The van der Waals surface area contributed by atoms with Crippen molar-refractivity contribution in [1.29, 1.82) is 0 Å². The van der Waals surface area contributed by atoms with Gasteiger partial charge in [0.05, 0.1) is 0 Å². The molecule has 2 N–H and O–H groups in total. The first-order chi connectivity index (χ1) is 52.4. The Labute approximate surface area is 615 Å². The first kappa shape index (κ1) is 75.4. The molecule has 111 heavy (non-hydrogen) atoms. The van der Waals surface area contributed by atoms with Crippen molar-refractivity contribution in [2.45, 2.75) is 56.8 Å². The molecule has 552 valence electrons. The van der Waals surface area contributed by atoms with Gasteiger partial charge in [0, 0.05) is 146 Å². The van der Waals surface area contributed by atoms with E-state index in [0.717, 1.165) is 72.8 Å². The van der Waals surface area contributed by atoms with E-state index in [1.807, 2.05) is 0 Å². The number of allylic oxidation sites excluding steroid dienone is 4. The molecule has 0 aliphatic heterocycles. The zero-order chi connectivity index (χ0) is 80.9. The Morgan fingerprint density at radius 2 is 0.604 bits per heavy atom. The summed E-state index contributed by atoms with van der Waals surface area (Å²) in [6.45, 7) is 4.77. The van der Waals surface area contributed by atoms with Gasteiger partial charge in [-0.25, -0.2) is 0 Å². The zero-order valence-electron chi connectivity index (χ0n) is 55.4. The lowest BCUT2D eigenvalue weighted by molar-refractivity contribution is -0.112. The molecule has 0 aromatic heterocycles. The van der Waals surface area contributed by atoms with Gasteiger partial charge in [-0.05, 0) is 67.9 Å². The van der Waals surface area contributed by atoms with Gasteiger partial charge in [-0.2, -0.15) is 33.7 Å². The molecule has 0 radical (unpaired) electrons. The van der Waals surface area contributed by atoms with E-state index in [1.165, 1.54) is 27.7 Å². The molecule has 0 saturated heterocycles. The minimum atomic E-state index is -6.59. The van der Waals surface area contributed by atoms with E-state index >= 15 is 33.7 Å². The number of phenolic OH excluding ortho intramolecular Hbond substituents is 2. The standard InChI is InChI=1S/C61H32N24O22S4/c1-59(2)19-61(39-37(59)30(17-29(86)49(39)91)104-108(96,97)55-33-21(9-5-13-25(33)70-78-62)45(87)50(92)41(55)74-82-66)20-60(3,4)38-31(105-109(98,99)56-34-22(10-6-14-26(34)71-79-63)46(88)51(93)42(56)75-83-67)18-32(106-110(100,101)57-35-23(11-7-15-27(35)72-80-64)47(89)52(94)43(57)76-84-68)54(40(38)61)107-111(102,103)58-36-24(12-8-16-28(36)73-81-65)48(90)53(95)44(58)77-85-69/h5-18,86,91H,19-20H2,1-4H3. The van der Waals surface area contributed by atoms with Crippen LogP contribution in [0.1, 0.15) is 126 Å². The van der Waals surface area contributed by atoms with Gasteiger partial charge in [0.1, 0.15) is 42.4 Å². The third-order valence-corrected chi connectivity index (χ3v) is 23.0. The second kappa shape index (κ2) is 26.6. The first-order valence-corrected chi connectivity index (χ1v) is 35.9. The Morgan fingerprint density at radius 1 is 0.342 bits per heavy atom. The van der Waals surface area contributed by atoms with Gasteiger partial charge in [0.2, 0.25) is 46.3 Å². The highest BCUT2D eigenvalue weighted by atomic mass is 32.2. The summed E-state index contributed by atoms with van der Waals surface area (Å²) < 4.78 is 151. The van der Waals surface area contributed by atoms with Crippen LogP contribution in [0.25, 0.3) is 103 Å². The molecular weight excluding hydrogens is 1550 g/mol. The SMILES string of the molecule is CC1(C)CC2(CC(C)(C)c3c(OS(=O)(=O)C4=C(N=[N+]=[N-])C(=O)C(=O)c5cccc(N=[N+]=[N-])c54)cc(OS(=O)(=O)C4=C(N=[N+]=[N-])C(=O)C(=O)c5cccc(N=[N+]=[N-])c54)c(OS(=O)(=O)C4=C(N=[N+]=[N-])C(=O)C(=O)c5cccc(N=[N+]=[N-])c54)c32)c2c(O)c(O)cc(OS(=O)(=O)C3=C(N=[N+]=[N-])C(=O)C(=O)c4cccc(N=[N+]=[N-])c43)c21. The summed E-state index contributed by atoms with van der Waals surface area (Å²) in [6, 6.07) is 11.4. The molecule has 6 aliphatic rings. The summed E-state index contributed by atoms with van der Waals surface area (Å²) in [4.78, 5) is 126. The van der Waals surface area contributed by atoms with Crippen molar-refractivity contribution >= 4 is 129 Å². The Kier molecular flexibility index (Phi) is 18.1. The molecule has 0 amide bonds. The van der Waals surface area contributed by atoms with Crippen molar-refractivity contribution in [2.24, 2.45) is 40.9 Å². The lowest BCUT2D eigenvalue weighted by Crippen LogP contribution is -2.30. The molecular formula is C61H32N24O22S4. The van der Waals surface area contributed by atoms with Crippen molar-refractivity contribution in [3.05, 3.63) is 258 Å². The molecule has 0 heterocycles. The molecule has 6 aliphatic carbocycles. The van der Waals surface area contributed by atoms with E-state index in [4.69, 9.17) is 16.7 Å². The lowest BCUT2D eigenvalue weighted by Gasteiger charge is -2.32. The number of ketones is 8. The lowest BCUT2D eigenvalue weighted by atomic mass is 9.72. The maximum Gasteiger partial charge on any atom is 0.340 e. The molecule has 50 heteroatoms. The molecule has 0 saturated carbocycles. The second-order valence-electron chi connectivity index (χ2n) is 25.0. The number of azide groups is 8. The predicted octanol–water partition coefficient (Wildman–Crippen LogP) is 13.1. The van der Waals surface area contributed by atoms with E-state index < -0.39 is 282 Å². The average Bonchev–Trinajstić information content (AvgIpc) is 1.50. The van der Waals surface area contributed by atoms with E-state index in [0.29, 0.717) is 6.07 Å². The van der Waals surface area contributed by atoms with Crippen molar-refractivity contribution in [3.8, 4) is 34.5 Å². The van der Waals surface area contributed by atoms with Gasteiger partial charge < -0.3 is 26.9 Å². The number of carbonyl (C=O) groups is 8. The molecule has 6 aromatic rings. The number of phenols is 2. The van der Waals surface area contributed by atoms with E-state index in [2.05, 4.69) is 80.2 Å². The Hall–Kier alpha value is -15.3. The van der Waals surface area contributed by atoms with Crippen molar-refractivity contribution < 1.29 is 99.0 Å². The fourth-order valence-electron chi connectivity index (χ4n) is 14.4. The number of rotatable bonds is 20. The van der Waals surface area contributed by atoms with Crippen LogP contribution in [0.2, 0.25) is 0 Å². The Balaban J connectivity index is 1.27. The van der Waals surface area contributed by atoms with Crippen LogP contribution in [-0.2, 0) is 75.9 Å². The molecule has 1 atom stereocenters. The number of Topliss-reactive ketones (excluding diaryl/α,β-unsaturated/α-hetero) is 8. The first-order valence-electron chi connectivity index (χ1n) is 30.2. The third kappa shape index (κ3) is 11.6. The molecule has 46 nitrogen and oxygen atoms in total. The smallest absolute Gasteiger partial charge is 0.340 e. The molecule has 1 spiro atoms. The van der Waals surface area contributed by atoms with Gasteiger partial charge in [-0.3, -0.25) is 38.4 Å². The number of hydrogen-bond acceptors (Lipinski definition) is 30. The Morgan fingerprint density at radius 3 is 0.892 bits per heavy atom. The van der Waals surface area contributed by atoms with Crippen LogP contribution in [0.3, 0.4) is 0 Å². The fraction of sp³-hybridized carbons (Fsp3) is 0.148. The Bertz CT molecular complexity index is 6730. The maximum atomic E-state index is 16.3. The van der Waals surface area contributed by atoms with Gasteiger partial charge in [-0.1, -0.05) is 141 Å². The monoisotopic (exact) mass is 1580 g/mol. The molecule has 0 bridgehead atoms. The number of aromatic hydroxyl groups is 2. The van der Waals surface area contributed by atoms with Crippen LogP contribution in [0.4, 0.5) is 22.7 Å². The van der Waals surface area contributed by atoms with Crippen LogP contribution >= 0.6 is 0 Å². The van der Waals surface area contributed by atoms with Gasteiger partial charge in [0.25, 0.3) is 0 Å². The van der Waals surface area contributed by atoms with Crippen molar-refractivity contribution in [1.82, 2.24) is 0 Å². The van der Waals surface area contributed by atoms with E-state index in [9.17, 15) is 92.8 Å². The topological polar surface area (TPSA) is 741 Å². The third-order valence-electron chi connectivity index (χ3n) is 17.8. The number of carbonyl (C=O) groups excluding carboxylic acids is 8. The number of nitrogens with zero attached hydrogens (tertiary/aromatic N) is 24. The fourth-order valence-corrected chi connectivity index (χ4v) is 19.5. The van der Waals surface area contributed by atoms with Crippen molar-refractivity contribution in [2.75, 3.05) is 0 Å². The van der Waals surface area contributed by atoms with Crippen LogP contribution < -0.4 is 16.7 Å². The highest BCUT2D eigenvalue weighted by molar-refractivity contribution is 7.97. The number of hydrogen-bond donors (Lipinski definition) is 2. The average molecular weight is 1580 g/mol. The second-order valence-corrected chi connectivity index (χ2v) is 30.9. The van der Waals surface area contributed by atoms with Crippen molar-refractivity contribution in [3.63, 3.8) is 0 Å². The minimum Gasteiger partial charge on any atom is -0.504 e. The van der Waals surface area contributed by atoms with E-state index in [-0.39, 0.29) is 6.07 Å². The minimum absolute atomic E-state index is 0.142. The summed E-state index contributed by atoms with van der Waals surface area (Å²) in [7, 11) is -25.5. The number of fused-ring (bicyclic) bond motifs is 8. The highest BCUT2D eigenvalue weighted by Gasteiger charge is 2.63. The van der Waals surface area contributed by atoms with Crippen LogP contribution in [0.5, 0.6) is 34.5 Å². The normalized spacial score (nSPS) is 17.1. The summed E-state index contributed by atoms with van der Waals surface area (Å²) >= 11 is 0. The zero-order valence-corrected chi connectivity index (χ0v) is 58.7. The van der Waals surface area contributed by atoms with Gasteiger partial charge >= 0.3 is 40.5 Å². The van der Waals surface area contributed by atoms with Crippen LogP contribution in [-0.4, -0.2) is 90.2 Å². The summed E-state index contributed by atoms with van der Waals surface area (Å²) in [5, 5.41) is 51.4. The van der Waals surface area contributed by atoms with Crippen LogP contribution in [0.15, 0.2) is 149 Å². The highest BCUT2D eigenvalue weighted by Crippen LogP contribution is 2.71. The number of benzene rings is 6.